The number of aromatic nitrogens is 5. The van der Waals surface area contributed by atoms with Crippen LogP contribution in [-0.2, 0) is 0 Å². The van der Waals surface area contributed by atoms with E-state index in [4.69, 9.17) is 5.73 Å². The first-order chi connectivity index (χ1) is 12.2. The molecule has 130 valence electrons. The van der Waals surface area contributed by atoms with Crippen LogP contribution in [0.15, 0.2) is 48.9 Å². The summed E-state index contributed by atoms with van der Waals surface area (Å²) in [5, 5.41) is 14.8. The van der Waals surface area contributed by atoms with Gasteiger partial charge in [0.2, 0.25) is 5.95 Å². The SMILES string of the molecule is CC[C@H](N)[C@@H](C)Nc1nccc(Nc2cccc(-n3nccn3)c2)n1. The number of nitrogens with one attached hydrogen (secondary N) is 2. The summed E-state index contributed by atoms with van der Waals surface area (Å²) >= 11 is 0. The second-order valence-corrected chi connectivity index (χ2v) is 5.76. The van der Waals surface area contributed by atoms with Crippen molar-refractivity contribution in [1.29, 1.82) is 0 Å². The first-order valence-corrected chi connectivity index (χ1v) is 8.24. The molecule has 0 amide bonds. The molecule has 0 aliphatic carbocycles. The Morgan fingerprint density at radius 2 is 1.96 bits per heavy atom. The predicted molar refractivity (Wildman–Crippen MR) is 98.0 cm³/mol. The molecule has 2 heterocycles. The predicted octanol–water partition coefficient (Wildman–Crippen LogP) is 2.34. The number of nitrogens with two attached hydrogens (primary N) is 1. The van der Waals surface area contributed by atoms with Crippen molar-refractivity contribution in [2.75, 3.05) is 10.6 Å². The number of hydrogen-bond acceptors (Lipinski definition) is 7. The first kappa shape index (κ1) is 16.8. The third-order valence-electron chi connectivity index (χ3n) is 3.89. The zero-order valence-corrected chi connectivity index (χ0v) is 14.3. The highest BCUT2D eigenvalue weighted by molar-refractivity contribution is 5.59. The van der Waals surface area contributed by atoms with Crippen molar-refractivity contribution in [3.63, 3.8) is 0 Å². The second-order valence-electron chi connectivity index (χ2n) is 5.76. The van der Waals surface area contributed by atoms with Gasteiger partial charge in [-0.05, 0) is 37.6 Å². The van der Waals surface area contributed by atoms with E-state index in [-0.39, 0.29) is 12.1 Å². The number of benzene rings is 1. The summed E-state index contributed by atoms with van der Waals surface area (Å²) in [5.74, 6) is 1.24. The molecule has 0 bridgehead atoms. The number of rotatable bonds is 7. The summed E-state index contributed by atoms with van der Waals surface area (Å²) < 4.78 is 0. The molecule has 2 aromatic heterocycles. The van der Waals surface area contributed by atoms with E-state index in [0.717, 1.165) is 17.8 Å². The maximum absolute atomic E-state index is 6.04. The van der Waals surface area contributed by atoms with Gasteiger partial charge in [0.05, 0.1) is 18.1 Å². The van der Waals surface area contributed by atoms with E-state index in [9.17, 15) is 0 Å². The summed E-state index contributed by atoms with van der Waals surface area (Å²) in [5.41, 5.74) is 7.79. The van der Waals surface area contributed by atoms with Crippen LogP contribution in [0.1, 0.15) is 20.3 Å². The quantitative estimate of drug-likeness (QED) is 0.607. The Morgan fingerprint density at radius 1 is 1.16 bits per heavy atom. The number of hydrogen-bond donors (Lipinski definition) is 3. The minimum atomic E-state index is 0.0541. The van der Waals surface area contributed by atoms with Crippen LogP contribution in [0.2, 0.25) is 0 Å². The maximum Gasteiger partial charge on any atom is 0.224 e. The lowest BCUT2D eigenvalue weighted by molar-refractivity contribution is 0.570. The van der Waals surface area contributed by atoms with Crippen molar-refractivity contribution in [2.45, 2.75) is 32.4 Å². The third-order valence-corrected chi connectivity index (χ3v) is 3.89. The molecular formula is C17H22N8. The van der Waals surface area contributed by atoms with Gasteiger partial charge in [-0.1, -0.05) is 13.0 Å². The van der Waals surface area contributed by atoms with Crippen molar-refractivity contribution in [3.8, 4) is 5.69 Å². The van der Waals surface area contributed by atoms with E-state index < -0.39 is 0 Å². The van der Waals surface area contributed by atoms with Gasteiger partial charge in [-0.3, -0.25) is 0 Å². The molecule has 0 unspecified atom stereocenters. The molecule has 0 spiro atoms. The molecule has 4 N–H and O–H groups in total. The van der Waals surface area contributed by atoms with Crippen LogP contribution in [0.5, 0.6) is 0 Å². The largest absolute Gasteiger partial charge is 0.350 e. The van der Waals surface area contributed by atoms with Gasteiger partial charge in [-0.2, -0.15) is 20.0 Å². The average Bonchev–Trinajstić information content (AvgIpc) is 3.16. The van der Waals surface area contributed by atoms with Crippen LogP contribution in [0.3, 0.4) is 0 Å². The average molecular weight is 338 g/mol. The van der Waals surface area contributed by atoms with Crippen molar-refractivity contribution in [2.24, 2.45) is 5.73 Å². The zero-order chi connectivity index (χ0) is 17.6. The van der Waals surface area contributed by atoms with E-state index in [2.05, 4.69) is 37.7 Å². The summed E-state index contributed by atoms with van der Waals surface area (Å²) in [6.07, 6.45) is 5.89. The van der Waals surface area contributed by atoms with Crippen LogP contribution < -0.4 is 16.4 Å². The summed E-state index contributed by atoms with van der Waals surface area (Å²) in [6, 6.07) is 9.74. The van der Waals surface area contributed by atoms with Gasteiger partial charge in [0.1, 0.15) is 5.82 Å². The van der Waals surface area contributed by atoms with Gasteiger partial charge < -0.3 is 16.4 Å². The van der Waals surface area contributed by atoms with Crippen molar-refractivity contribution >= 4 is 17.5 Å². The van der Waals surface area contributed by atoms with Crippen molar-refractivity contribution < 1.29 is 0 Å². The highest BCUT2D eigenvalue weighted by Gasteiger charge is 2.11. The molecule has 0 radical (unpaired) electrons. The Hall–Kier alpha value is -3.00. The van der Waals surface area contributed by atoms with E-state index in [1.807, 2.05) is 37.3 Å². The lowest BCUT2D eigenvalue weighted by Gasteiger charge is -2.19. The number of nitrogens with zero attached hydrogens (tertiary/aromatic N) is 5. The van der Waals surface area contributed by atoms with Crippen LogP contribution >= 0.6 is 0 Å². The third kappa shape index (κ3) is 4.30. The molecule has 8 heteroatoms. The summed E-state index contributed by atoms with van der Waals surface area (Å²) in [7, 11) is 0. The molecule has 3 rings (SSSR count). The molecule has 0 aliphatic rings. The molecule has 1 aromatic carbocycles. The van der Waals surface area contributed by atoms with Crippen LogP contribution in [-0.4, -0.2) is 37.0 Å². The van der Waals surface area contributed by atoms with Gasteiger partial charge >= 0.3 is 0 Å². The molecule has 2 atom stereocenters. The molecule has 8 nitrogen and oxygen atoms in total. The Kier molecular flexibility index (Phi) is 5.20. The minimum Gasteiger partial charge on any atom is -0.350 e. The molecule has 0 saturated heterocycles. The Morgan fingerprint density at radius 3 is 2.72 bits per heavy atom. The van der Waals surface area contributed by atoms with E-state index >= 15 is 0 Å². The highest BCUT2D eigenvalue weighted by Crippen LogP contribution is 2.18. The molecule has 3 aromatic rings. The highest BCUT2D eigenvalue weighted by atomic mass is 15.5. The van der Waals surface area contributed by atoms with Gasteiger partial charge in [0.15, 0.2) is 0 Å². The van der Waals surface area contributed by atoms with E-state index in [1.165, 1.54) is 0 Å². The second kappa shape index (κ2) is 7.71. The Balaban J connectivity index is 1.73. The fourth-order valence-corrected chi connectivity index (χ4v) is 2.37. The fourth-order valence-electron chi connectivity index (χ4n) is 2.37. The topological polar surface area (TPSA) is 107 Å². The Bertz CT molecular complexity index is 802. The van der Waals surface area contributed by atoms with Crippen LogP contribution in [0, 0.1) is 0 Å². The normalized spacial score (nSPS) is 13.2. The molecule has 0 aliphatic heterocycles. The van der Waals surface area contributed by atoms with E-state index in [1.54, 1.807) is 23.4 Å². The lowest BCUT2D eigenvalue weighted by Crippen LogP contribution is -2.37. The molecule has 25 heavy (non-hydrogen) atoms. The Labute approximate surface area is 146 Å². The van der Waals surface area contributed by atoms with Gasteiger partial charge in [0, 0.05) is 24.0 Å². The molecular weight excluding hydrogens is 316 g/mol. The smallest absolute Gasteiger partial charge is 0.224 e. The zero-order valence-electron chi connectivity index (χ0n) is 14.3. The summed E-state index contributed by atoms with van der Waals surface area (Å²) in [6.45, 7) is 4.08. The van der Waals surface area contributed by atoms with Crippen LogP contribution in [0.4, 0.5) is 17.5 Å². The standard InChI is InChI=1S/C17H22N8/c1-3-15(18)12(2)22-17-19-8-7-16(24-17)23-13-5-4-6-14(11-13)25-20-9-10-21-25/h4-12,15H,3,18H2,1-2H3,(H2,19,22,23,24)/t12-,15+/m1/s1. The first-order valence-electron chi connectivity index (χ1n) is 8.24. The van der Waals surface area contributed by atoms with Crippen LogP contribution in [0.25, 0.3) is 5.69 Å². The lowest BCUT2D eigenvalue weighted by atomic mass is 10.1. The fraction of sp³-hybridized carbons (Fsp3) is 0.294. The molecule has 0 fully saturated rings. The van der Waals surface area contributed by atoms with Gasteiger partial charge in [0.25, 0.3) is 0 Å². The molecule has 0 saturated carbocycles. The van der Waals surface area contributed by atoms with Gasteiger partial charge in [-0.15, -0.1) is 0 Å². The van der Waals surface area contributed by atoms with Crippen molar-refractivity contribution in [1.82, 2.24) is 25.0 Å². The maximum atomic E-state index is 6.04. The minimum absolute atomic E-state index is 0.0541. The number of anilines is 3. The monoisotopic (exact) mass is 338 g/mol. The van der Waals surface area contributed by atoms with Crippen molar-refractivity contribution in [3.05, 3.63) is 48.9 Å². The van der Waals surface area contributed by atoms with Gasteiger partial charge in [-0.25, -0.2) is 4.98 Å². The van der Waals surface area contributed by atoms with E-state index in [0.29, 0.717) is 11.8 Å². The summed E-state index contributed by atoms with van der Waals surface area (Å²) in [4.78, 5) is 10.3.